The highest BCUT2D eigenvalue weighted by Gasteiger charge is 2.26. The second-order valence-electron chi connectivity index (χ2n) is 6.52. The molecule has 0 bridgehead atoms. The van der Waals surface area contributed by atoms with E-state index >= 15 is 0 Å². The minimum Gasteiger partial charge on any atom is -0.463 e. The number of nitrogens with one attached hydrogen (secondary N) is 2. The van der Waals surface area contributed by atoms with Crippen molar-refractivity contribution < 1.29 is 19.2 Å². The molecule has 2 N–H and O–H groups in total. The van der Waals surface area contributed by atoms with Crippen LogP contribution in [0.5, 0.6) is 0 Å². The lowest BCUT2D eigenvalue weighted by Crippen LogP contribution is -2.51. The number of non-ortho nitro benzene ring substituents is 1. The summed E-state index contributed by atoms with van der Waals surface area (Å²) in [6.45, 7) is 5.58. The molecule has 1 saturated heterocycles. The van der Waals surface area contributed by atoms with Crippen molar-refractivity contribution in [3.8, 4) is 0 Å². The Morgan fingerprint density at radius 2 is 1.89 bits per heavy atom. The molecule has 3 rings (SSSR count). The molecular weight excluding hydrogens is 366 g/mol. The third kappa shape index (κ3) is 4.58. The van der Waals surface area contributed by atoms with Gasteiger partial charge in [0, 0.05) is 56.2 Å². The molecule has 2 heterocycles. The molecule has 10 nitrogen and oxygen atoms in total. The van der Waals surface area contributed by atoms with Gasteiger partial charge >= 0.3 is 12.0 Å². The Hall–Kier alpha value is -3.14. The first-order chi connectivity index (χ1) is 13.5. The number of ether oxygens (including phenoxy) is 1. The number of esters is 1. The van der Waals surface area contributed by atoms with E-state index in [0.717, 1.165) is 31.9 Å². The molecule has 0 radical (unpaired) electrons. The normalized spacial score (nSPS) is 17.8. The highest BCUT2D eigenvalue weighted by molar-refractivity contribution is 5.93. The third-order valence-corrected chi connectivity index (χ3v) is 4.76. The van der Waals surface area contributed by atoms with Gasteiger partial charge in [0.15, 0.2) is 0 Å². The predicted octanol–water partition coefficient (Wildman–Crippen LogP) is 0.847. The standard InChI is InChI=1S/C18H23N5O5/c1-2-28-17(24)15-11-19-18(25)20-16(15)12-21-7-9-22(10-8-21)13-3-5-14(6-4-13)23(26)27/h3-6H,2,7-12H2,1H3,(H2,19,20,25). The predicted molar refractivity (Wildman–Crippen MR) is 102 cm³/mol. The van der Waals surface area contributed by atoms with Crippen LogP contribution >= 0.6 is 0 Å². The summed E-state index contributed by atoms with van der Waals surface area (Å²) < 4.78 is 5.07. The summed E-state index contributed by atoms with van der Waals surface area (Å²) in [5.41, 5.74) is 2.03. The molecule has 2 aliphatic heterocycles. The number of nitro groups is 1. The van der Waals surface area contributed by atoms with Crippen LogP contribution in [0, 0.1) is 10.1 Å². The Kier molecular flexibility index (Phi) is 6.09. The van der Waals surface area contributed by atoms with Crippen molar-refractivity contribution in [1.29, 1.82) is 0 Å². The van der Waals surface area contributed by atoms with Gasteiger partial charge in [0.05, 0.1) is 23.6 Å². The van der Waals surface area contributed by atoms with Gasteiger partial charge in [-0.2, -0.15) is 0 Å². The average molecular weight is 389 g/mol. The van der Waals surface area contributed by atoms with Gasteiger partial charge < -0.3 is 20.3 Å². The van der Waals surface area contributed by atoms with Gasteiger partial charge in [-0.05, 0) is 19.1 Å². The molecule has 2 amide bonds. The van der Waals surface area contributed by atoms with Gasteiger partial charge in [-0.25, -0.2) is 9.59 Å². The van der Waals surface area contributed by atoms with E-state index in [9.17, 15) is 19.7 Å². The number of amides is 2. The second-order valence-corrected chi connectivity index (χ2v) is 6.52. The van der Waals surface area contributed by atoms with Crippen molar-refractivity contribution in [1.82, 2.24) is 15.5 Å². The zero-order valence-corrected chi connectivity index (χ0v) is 15.6. The van der Waals surface area contributed by atoms with Crippen LogP contribution in [0.3, 0.4) is 0 Å². The highest BCUT2D eigenvalue weighted by atomic mass is 16.6. The maximum absolute atomic E-state index is 12.1. The van der Waals surface area contributed by atoms with Crippen LogP contribution in [0.25, 0.3) is 0 Å². The van der Waals surface area contributed by atoms with E-state index in [-0.39, 0.29) is 24.9 Å². The largest absolute Gasteiger partial charge is 0.463 e. The number of urea groups is 1. The number of hydrogen-bond acceptors (Lipinski definition) is 7. The van der Waals surface area contributed by atoms with Crippen molar-refractivity contribution >= 4 is 23.4 Å². The maximum Gasteiger partial charge on any atom is 0.337 e. The molecule has 1 aromatic carbocycles. The molecule has 0 atom stereocenters. The molecule has 1 aromatic rings. The Morgan fingerprint density at radius 3 is 2.50 bits per heavy atom. The van der Waals surface area contributed by atoms with Crippen LogP contribution in [0.1, 0.15) is 6.92 Å². The van der Waals surface area contributed by atoms with E-state index in [1.54, 1.807) is 19.1 Å². The molecular formula is C18H23N5O5. The molecule has 10 heteroatoms. The monoisotopic (exact) mass is 389 g/mol. The number of nitrogens with zero attached hydrogens (tertiary/aromatic N) is 3. The number of piperazine rings is 1. The molecule has 0 aliphatic carbocycles. The van der Waals surface area contributed by atoms with E-state index in [0.29, 0.717) is 17.8 Å². The Morgan fingerprint density at radius 1 is 1.21 bits per heavy atom. The van der Waals surface area contributed by atoms with Gasteiger partial charge in [0.2, 0.25) is 0 Å². The van der Waals surface area contributed by atoms with Crippen LogP contribution in [-0.4, -0.2) is 67.7 Å². The summed E-state index contributed by atoms with van der Waals surface area (Å²) in [5.74, 6) is -0.422. The zero-order valence-electron chi connectivity index (χ0n) is 15.6. The molecule has 0 spiro atoms. The van der Waals surface area contributed by atoms with E-state index in [1.165, 1.54) is 12.1 Å². The number of carbonyl (C=O) groups excluding carboxylic acids is 2. The summed E-state index contributed by atoms with van der Waals surface area (Å²) >= 11 is 0. The first-order valence-corrected chi connectivity index (χ1v) is 9.13. The fraction of sp³-hybridized carbons (Fsp3) is 0.444. The first kappa shape index (κ1) is 19.6. The maximum atomic E-state index is 12.1. The van der Waals surface area contributed by atoms with Crippen molar-refractivity contribution in [3.05, 3.63) is 45.6 Å². The number of rotatable bonds is 6. The topological polar surface area (TPSA) is 117 Å². The average Bonchev–Trinajstić information content (AvgIpc) is 2.69. The van der Waals surface area contributed by atoms with E-state index in [4.69, 9.17) is 4.74 Å². The van der Waals surface area contributed by atoms with Crippen molar-refractivity contribution in [2.24, 2.45) is 0 Å². The van der Waals surface area contributed by atoms with Crippen LogP contribution in [-0.2, 0) is 9.53 Å². The lowest BCUT2D eigenvalue weighted by molar-refractivity contribution is -0.384. The van der Waals surface area contributed by atoms with E-state index < -0.39 is 10.9 Å². The summed E-state index contributed by atoms with van der Waals surface area (Å²) in [6, 6.07) is 6.18. The minimum absolute atomic E-state index is 0.0717. The molecule has 28 heavy (non-hydrogen) atoms. The smallest absolute Gasteiger partial charge is 0.337 e. The summed E-state index contributed by atoms with van der Waals surface area (Å²) in [4.78, 5) is 38.5. The third-order valence-electron chi connectivity index (χ3n) is 4.76. The molecule has 150 valence electrons. The summed E-state index contributed by atoms with van der Waals surface area (Å²) in [7, 11) is 0. The van der Waals surface area contributed by atoms with Crippen molar-refractivity contribution in [2.75, 3.05) is 50.8 Å². The fourth-order valence-electron chi connectivity index (χ4n) is 3.25. The van der Waals surface area contributed by atoms with Gasteiger partial charge in [0.1, 0.15) is 0 Å². The second kappa shape index (κ2) is 8.70. The number of carbonyl (C=O) groups is 2. The van der Waals surface area contributed by atoms with Gasteiger partial charge in [-0.15, -0.1) is 0 Å². The van der Waals surface area contributed by atoms with Gasteiger partial charge in [-0.3, -0.25) is 15.0 Å². The van der Waals surface area contributed by atoms with Gasteiger partial charge in [0.25, 0.3) is 5.69 Å². The Bertz CT molecular complexity index is 784. The quantitative estimate of drug-likeness (QED) is 0.421. The van der Waals surface area contributed by atoms with Crippen molar-refractivity contribution in [3.63, 3.8) is 0 Å². The molecule has 0 saturated carbocycles. The lowest BCUT2D eigenvalue weighted by Gasteiger charge is -2.37. The first-order valence-electron chi connectivity index (χ1n) is 9.13. The van der Waals surface area contributed by atoms with Crippen LogP contribution < -0.4 is 15.5 Å². The fourth-order valence-corrected chi connectivity index (χ4v) is 3.25. The number of anilines is 1. The Labute approximate surface area is 162 Å². The molecule has 2 aliphatic rings. The van der Waals surface area contributed by atoms with E-state index in [1.807, 2.05) is 0 Å². The van der Waals surface area contributed by atoms with Crippen LogP contribution in [0.15, 0.2) is 35.5 Å². The van der Waals surface area contributed by atoms with Gasteiger partial charge in [-0.1, -0.05) is 0 Å². The SMILES string of the molecule is CCOC(=O)C1=C(CN2CCN(c3ccc([N+](=O)[O-])cc3)CC2)NC(=O)NC1. The lowest BCUT2D eigenvalue weighted by atomic mass is 10.1. The van der Waals surface area contributed by atoms with E-state index in [2.05, 4.69) is 20.4 Å². The highest BCUT2D eigenvalue weighted by Crippen LogP contribution is 2.21. The number of benzene rings is 1. The molecule has 0 aromatic heterocycles. The summed E-state index contributed by atoms with van der Waals surface area (Å²) in [5, 5.41) is 16.1. The van der Waals surface area contributed by atoms with Crippen LogP contribution in [0.4, 0.5) is 16.2 Å². The number of hydrogen-bond donors (Lipinski definition) is 2. The van der Waals surface area contributed by atoms with Crippen LogP contribution in [0.2, 0.25) is 0 Å². The molecule has 0 unspecified atom stereocenters. The molecule has 1 fully saturated rings. The summed E-state index contributed by atoms with van der Waals surface area (Å²) in [6.07, 6.45) is 0. The number of nitro benzene ring substituents is 1. The minimum atomic E-state index is -0.422. The zero-order chi connectivity index (χ0) is 20.1. The Balaban J connectivity index is 1.61. The van der Waals surface area contributed by atoms with Crippen molar-refractivity contribution in [2.45, 2.75) is 6.92 Å².